The number of nitrogens with one attached hydrogen (secondary N) is 1. The van der Waals surface area contributed by atoms with Crippen molar-refractivity contribution in [3.05, 3.63) is 0 Å². The molecule has 13 heavy (non-hydrogen) atoms. The van der Waals surface area contributed by atoms with Gasteiger partial charge >= 0.3 is 0 Å². The third kappa shape index (κ3) is 3.25. The van der Waals surface area contributed by atoms with Crippen LogP contribution < -0.4 is 5.32 Å². The Morgan fingerprint density at radius 2 is 2.00 bits per heavy atom. The summed E-state index contributed by atoms with van der Waals surface area (Å²) in [6.07, 6.45) is 1.85. The average molecular weight is 187 g/mol. The number of hydrogen-bond donors (Lipinski definition) is 2. The highest BCUT2D eigenvalue weighted by atomic mass is 16.5. The van der Waals surface area contributed by atoms with E-state index in [2.05, 4.69) is 19.2 Å². The van der Waals surface area contributed by atoms with E-state index in [1.807, 2.05) is 0 Å². The number of aliphatic hydroxyl groups excluding tert-OH is 1. The summed E-state index contributed by atoms with van der Waals surface area (Å²) in [6, 6.07) is 0. The van der Waals surface area contributed by atoms with E-state index in [4.69, 9.17) is 4.74 Å². The van der Waals surface area contributed by atoms with Crippen molar-refractivity contribution in [2.75, 3.05) is 26.4 Å². The normalized spacial score (nSPS) is 22.2. The van der Waals surface area contributed by atoms with Crippen LogP contribution in [-0.4, -0.2) is 37.0 Å². The summed E-state index contributed by atoms with van der Waals surface area (Å²) in [4.78, 5) is 0. The van der Waals surface area contributed by atoms with Crippen LogP contribution in [-0.2, 0) is 4.74 Å². The zero-order chi connectivity index (χ0) is 9.73. The molecule has 3 nitrogen and oxygen atoms in total. The van der Waals surface area contributed by atoms with Crippen molar-refractivity contribution in [3.63, 3.8) is 0 Å². The molecule has 0 unspecified atom stereocenters. The summed E-state index contributed by atoms with van der Waals surface area (Å²) in [6.45, 7) is 7.09. The standard InChI is InChI=1S/C10H21NO2/c1-9(2)7-11-10(8-12)3-5-13-6-4-10/h9,11-12H,3-8H2,1-2H3. The zero-order valence-corrected chi connectivity index (χ0v) is 8.68. The third-order valence-corrected chi connectivity index (χ3v) is 2.64. The van der Waals surface area contributed by atoms with E-state index in [1.165, 1.54) is 0 Å². The van der Waals surface area contributed by atoms with Crippen molar-refractivity contribution in [3.8, 4) is 0 Å². The molecule has 0 radical (unpaired) electrons. The second kappa shape index (κ2) is 4.94. The number of ether oxygens (including phenoxy) is 1. The van der Waals surface area contributed by atoms with Crippen molar-refractivity contribution < 1.29 is 9.84 Å². The maximum Gasteiger partial charge on any atom is 0.0615 e. The minimum absolute atomic E-state index is 0.0669. The first-order valence-corrected chi connectivity index (χ1v) is 5.12. The predicted octanol–water partition coefficient (Wildman–Crippen LogP) is 0.773. The molecule has 0 bridgehead atoms. The molecule has 0 aromatic carbocycles. The van der Waals surface area contributed by atoms with E-state index < -0.39 is 0 Å². The lowest BCUT2D eigenvalue weighted by molar-refractivity contribution is 0.0109. The smallest absolute Gasteiger partial charge is 0.0615 e. The van der Waals surface area contributed by atoms with Gasteiger partial charge in [-0.3, -0.25) is 0 Å². The summed E-state index contributed by atoms with van der Waals surface area (Å²) >= 11 is 0. The molecule has 0 atom stereocenters. The Balaban J connectivity index is 2.38. The number of aliphatic hydroxyl groups is 1. The topological polar surface area (TPSA) is 41.5 Å². The molecule has 0 aliphatic carbocycles. The quantitative estimate of drug-likeness (QED) is 0.683. The van der Waals surface area contributed by atoms with E-state index >= 15 is 0 Å². The minimum Gasteiger partial charge on any atom is -0.394 e. The molecule has 3 heteroatoms. The molecule has 78 valence electrons. The van der Waals surface area contributed by atoms with Gasteiger partial charge in [0.1, 0.15) is 0 Å². The predicted molar refractivity (Wildman–Crippen MR) is 52.7 cm³/mol. The van der Waals surface area contributed by atoms with Crippen molar-refractivity contribution in [2.45, 2.75) is 32.2 Å². The molecule has 1 aliphatic heterocycles. The van der Waals surface area contributed by atoms with Crippen LogP contribution in [0.25, 0.3) is 0 Å². The molecule has 0 aromatic heterocycles. The van der Waals surface area contributed by atoms with Gasteiger partial charge in [0, 0.05) is 18.8 Å². The van der Waals surface area contributed by atoms with Crippen LogP contribution in [0.4, 0.5) is 0 Å². The molecule has 1 aliphatic rings. The maximum absolute atomic E-state index is 9.34. The van der Waals surface area contributed by atoms with Gasteiger partial charge in [-0.1, -0.05) is 13.8 Å². The Kier molecular flexibility index (Phi) is 4.16. The Bertz CT molecular complexity index is 142. The molecular formula is C10H21NO2. The SMILES string of the molecule is CC(C)CNC1(CO)CCOCC1. The summed E-state index contributed by atoms with van der Waals surface area (Å²) < 4.78 is 5.28. The highest BCUT2D eigenvalue weighted by Gasteiger charge is 2.31. The Morgan fingerprint density at radius 3 is 2.46 bits per heavy atom. The Labute approximate surface area is 80.5 Å². The molecule has 1 fully saturated rings. The van der Waals surface area contributed by atoms with E-state index in [0.717, 1.165) is 32.6 Å². The van der Waals surface area contributed by atoms with Gasteiger partial charge in [0.2, 0.25) is 0 Å². The molecular weight excluding hydrogens is 166 g/mol. The first-order valence-electron chi connectivity index (χ1n) is 5.12. The molecule has 1 saturated heterocycles. The molecule has 0 amide bonds. The van der Waals surface area contributed by atoms with Crippen molar-refractivity contribution >= 4 is 0 Å². The largest absolute Gasteiger partial charge is 0.394 e. The van der Waals surface area contributed by atoms with Gasteiger partial charge in [0.05, 0.1) is 6.61 Å². The van der Waals surface area contributed by atoms with E-state index in [1.54, 1.807) is 0 Å². The minimum atomic E-state index is -0.0669. The molecule has 1 rings (SSSR count). The van der Waals surface area contributed by atoms with Crippen LogP contribution in [0.3, 0.4) is 0 Å². The van der Waals surface area contributed by atoms with Gasteiger partial charge in [-0.2, -0.15) is 0 Å². The Hall–Kier alpha value is -0.120. The highest BCUT2D eigenvalue weighted by molar-refractivity contribution is 4.89. The number of rotatable bonds is 4. The van der Waals surface area contributed by atoms with Crippen LogP contribution in [0.5, 0.6) is 0 Å². The first kappa shape index (κ1) is 11.0. The fourth-order valence-electron chi connectivity index (χ4n) is 1.57. The zero-order valence-electron chi connectivity index (χ0n) is 8.68. The van der Waals surface area contributed by atoms with Gasteiger partial charge in [-0.05, 0) is 25.3 Å². The third-order valence-electron chi connectivity index (χ3n) is 2.64. The first-order chi connectivity index (χ1) is 6.18. The van der Waals surface area contributed by atoms with E-state index in [0.29, 0.717) is 5.92 Å². The molecule has 0 aromatic rings. The lowest BCUT2D eigenvalue weighted by atomic mass is 9.90. The van der Waals surface area contributed by atoms with Gasteiger partial charge < -0.3 is 15.2 Å². The molecule has 2 N–H and O–H groups in total. The van der Waals surface area contributed by atoms with Gasteiger partial charge in [0.15, 0.2) is 0 Å². The fraction of sp³-hybridized carbons (Fsp3) is 1.00. The van der Waals surface area contributed by atoms with Crippen molar-refractivity contribution in [2.24, 2.45) is 5.92 Å². The maximum atomic E-state index is 9.34. The highest BCUT2D eigenvalue weighted by Crippen LogP contribution is 2.20. The second-order valence-corrected chi connectivity index (χ2v) is 4.33. The molecule has 0 spiro atoms. The van der Waals surface area contributed by atoms with Crippen LogP contribution in [0.2, 0.25) is 0 Å². The lowest BCUT2D eigenvalue weighted by Gasteiger charge is -2.37. The van der Waals surface area contributed by atoms with Gasteiger partial charge in [-0.15, -0.1) is 0 Å². The summed E-state index contributed by atoms with van der Waals surface area (Å²) in [5.74, 6) is 0.631. The van der Waals surface area contributed by atoms with Gasteiger partial charge in [-0.25, -0.2) is 0 Å². The van der Waals surface area contributed by atoms with Crippen molar-refractivity contribution in [1.82, 2.24) is 5.32 Å². The Morgan fingerprint density at radius 1 is 1.38 bits per heavy atom. The van der Waals surface area contributed by atoms with E-state index in [9.17, 15) is 5.11 Å². The number of hydrogen-bond acceptors (Lipinski definition) is 3. The van der Waals surface area contributed by atoms with Crippen LogP contribution in [0.1, 0.15) is 26.7 Å². The summed E-state index contributed by atoms with van der Waals surface area (Å²) in [7, 11) is 0. The fourth-order valence-corrected chi connectivity index (χ4v) is 1.57. The van der Waals surface area contributed by atoms with Crippen LogP contribution in [0, 0.1) is 5.92 Å². The van der Waals surface area contributed by atoms with Crippen molar-refractivity contribution in [1.29, 1.82) is 0 Å². The molecule has 0 saturated carbocycles. The summed E-state index contributed by atoms with van der Waals surface area (Å²) in [5.41, 5.74) is -0.0669. The van der Waals surface area contributed by atoms with Crippen LogP contribution in [0.15, 0.2) is 0 Å². The van der Waals surface area contributed by atoms with E-state index in [-0.39, 0.29) is 12.1 Å². The monoisotopic (exact) mass is 187 g/mol. The lowest BCUT2D eigenvalue weighted by Crippen LogP contribution is -2.53. The van der Waals surface area contributed by atoms with Crippen LogP contribution >= 0.6 is 0 Å². The average Bonchev–Trinajstić information content (AvgIpc) is 2.16. The second-order valence-electron chi connectivity index (χ2n) is 4.33. The van der Waals surface area contributed by atoms with Gasteiger partial charge in [0.25, 0.3) is 0 Å². The summed E-state index contributed by atoms with van der Waals surface area (Å²) in [5, 5.41) is 12.8. The molecule has 1 heterocycles.